The largest absolute Gasteiger partial charge is 0.465 e. The van der Waals surface area contributed by atoms with Crippen LogP contribution in [0.4, 0.5) is 4.79 Å². The van der Waals surface area contributed by atoms with Gasteiger partial charge in [0.1, 0.15) is 0 Å². The van der Waals surface area contributed by atoms with Gasteiger partial charge in [0.05, 0.1) is 6.61 Å². The van der Waals surface area contributed by atoms with Crippen LogP contribution in [0.1, 0.15) is 41.5 Å². The second-order valence-corrected chi connectivity index (χ2v) is 12.4. The van der Waals surface area contributed by atoms with Gasteiger partial charge >= 0.3 is 6.09 Å². The van der Waals surface area contributed by atoms with E-state index in [2.05, 4.69) is 57.5 Å². The number of carboxylic acid groups (broad SMARTS) is 1. The zero-order valence-electron chi connectivity index (χ0n) is 13.6. The van der Waals surface area contributed by atoms with Crippen LogP contribution in [0.3, 0.4) is 0 Å². The minimum absolute atomic E-state index is 0.446. The maximum atomic E-state index is 11.1. The van der Waals surface area contributed by atoms with Crippen LogP contribution in [0, 0.1) is 0 Å². The summed E-state index contributed by atoms with van der Waals surface area (Å²) in [6.07, 6.45) is -0.876. The van der Waals surface area contributed by atoms with Gasteiger partial charge in [-0.15, -0.1) is 0 Å². The Morgan fingerprint density at radius 2 is 1.55 bits per heavy atom. The molecule has 0 aliphatic rings. The van der Waals surface area contributed by atoms with E-state index in [9.17, 15) is 4.79 Å². The monoisotopic (exact) mass is 367 g/mol. The van der Waals surface area contributed by atoms with Gasteiger partial charge in [0.25, 0.3) is 0 Å². The standard InChI is InChI=1S/C14H30BrNO3Si/c1-11(2)20(12(3)4,13(5)6)19-10-9-16(8-7-15)14(17)18/h11-13H,7-10H2,1-6H3,(H,17,18). The fourth-order valence-corrected chi connectivity index (χ4v) is 9.11. The summed E-state index contributed by atoms with van der Waals surface area (Å²) in [6, 6.07) is 0. The van der Waals surface area contributed by atoms with Gasteiger partial charge in [0.15, 0.2) is 8.32 Å². The molecule has 0 atom stereocenters. The third kappa shape index (κ3) is 5.04. The molecule has 0 rings (SSSR count). The zero-order chi connectivity index (χ0) is 15.9. The molecule has 0 spiro atoms. The number of hydrogen-bond donors (Lipinski definition) is 1. The molecule has 0 aromatic carbocycles. The highest BCUT2D eigenvalue weighted by molar-refractivity contribution is 9.09. The Labute approximate surface area is 133 Å². The van der Waals surface area contributed by atoms with Crippen molar-refractivity contribution >= 4 is 30.3 Å². The summed E-state index contributed by atoms with van der Waals surface area (Å²) in [6.45, 7) is 14.9. The SMILES string of the molecule is CC(C)[Si](OCCN(CCBr)C(=O)O)(C(C)C)C(C)C. The van der Waals surface area contributed by atoms with Gasteiger partial charge in [-0.3, -0.25) is 0 Å². The molecule has 0 saturated carbocycles. The van der Waals surface area contributed by atoms with Crippen molar-refractivity contribution in [3.63, 3.8) is 0 Å². The minimum atomic E-state index is -1.88. The van der Waals surface area contributed by atoms with E-state index in [4.69, 9.17) is 9.53 Å². The predicted octanol–water partition coefficient (Wildman–Crippen LogP) is 4.55. The number of nitrogens with zero attached hydrogens (tertiary/aromatic N) is 1. The summed E-state index contributed by atoms with van der Waals surface area (Å²) in [5.41, 5.74) is 1.57. The molecule has 120 valence electrons. The number of alkyl halides is 1. The molecule has 0 saturated heterocycles. The van der Waals surface area contributed by atoms with Crippen molar-refractivity contribution < 1.29 is 14.3 Å². The maximum Gasteiger partial charge on any atom is 0.407 e. The Bertz CT molecular complexity index is 276. The lowest BCUT2D eigenvalue weighted by molar-refractivity contribution is 0.136. The minimum Gasteiger partial charge on any atom is -0.465 e. The van der Waals surface area contributed by atoms with Gasteiger partial charge < -0.3 is 14.4 Å². The smallest absolute Gasteiger partial charge is 0.407 e. The third-order valence-electron chi connectivity index (χ3n) is 4.05. The first-order valence-electron chi connectivity index (χ1n) is 7.37. The molecule has 0 aliphatic heterocycles. The van der Waals surface area contributed by atoms with Crippen LogP contribution in [0.25, 0.3) is 0 Å². The van der Waals surface area contributed by atoms with E-state index in [0.717, 1.165) is 0 Å². The molecule has 0 unspecified atom stereocenters. The number of hydrogen-bond acceptors (Lipinski definition) is 2. The number of carbonyl (C=O) groups is 1. The first-order chi connectivity index (χ1) is 9.20. The van der Waals surface area contributed by atoms with Gasteiger partial charge in [-0.05, 0) is 16.6 Å². The molecule has 0 fully saturated rings. The number of amides is 1. The Morgan fingerprint density at radius 3 is 1.85 bits per heavy atom. The molecular weight excluding hydrogens is 338 g/mol. The maximum absolute atomic E-state index is 11.1. The number of rotatable bonds is 9. The van der Waals surface area contributed by atoms with Crippen molar-refractivity contribution in [2.75, 3.05) is 25.0 Å². The Morgan fingerprint density at radius 1 is 1.10 bits per heavy atom. The van der Waals surface area contributed by atoms with Gasteiger partial charge in [-0.2, -0.15) is 0 Å². The molecule has 0 aromatic heterocycles. The van der Waals surface area contributed by atoms with Crippen LogP contribution in [0.2, 0.25) is 16.6 Å². The highest BCUT2D eigenvalue weighted by Crippen LogP contribution is 2.42. The van der Waals surface area contributed by atoms with E-state index in [0.29, 0.717) is 41.7 Å². The molecular formula is C14H30BrNO3Si. The van der Waals surface area contributed by atoms with Crippen LogP contribution >= 0.6 is 15.9 Å². The molecule has 4 nitrogen and oxygen atoms in total. The predicted molar refractivity (Wildman–Crippen MR) is 90.4 cm³/mol. The van der Waals surface area contributed by atoms with Crippen LogP contribution in [-0.2, 0) is 4.43 Å². The molecule has 0 aromatic rings. The average molecular weight is 368 g/mol. The van der Waals surface area contributed by atoms with E-state index in [1.165, 1.54) is 4.90 Å². The molecule has 1 amide bonds. The highest BCUT2D eigenvalue weighted by Gasteiger charge is 2.44. The lowest BCUT2D eigenvalue weighted by Gasteiger charge is -2.42. The lowest BCUT2D eigenvalue weighted by Crippen LogP contribution is -2.49. The third-order valence-corrected chi connectivity index (χ3v) is 10.5. The first-order valence-corrected chi connectivity index (χ1v) is 10.6. The van der Waals surface area contributed by atoms with Gasteiger partial charge in [-0.1, -0.05) is 57.5 Å². The van der Waals surface area contributed by atoms with Gasteiger partial charge in [0.2, 0.25) is 0 Å². The fourth-order valence-electron chi connectivity index (χ4n) is 3.24. The van der Waals surface area contributed by atoms with Crippen molar-refractivity contribution in [2.24, 2.45) is 0 Å². The van der Waals surface area contributed by atoms with E-state index in [1.807, 2.05) is 0 Å². The quantitative estimate of drug-likeness (QED) is 0.480. The summed E-state index contributed by atoms with van der Waals surface area (Å²) in [4.78, 5) is 12.5. The van der Waals surface area contributed by atoms with Crippen molar-refractivity contribution in [1.29, 1.82) is 0 Å². The zero-order valence-corrected chi connectivity index (χ0v) is 16.2. The van der Waals surface area contributed by atoms with Crippen LogP contribution in [-0.4, -0.2) is 49.4 Å². The van der Waals surface area contributed by atoms with Gasteiger partial charge in [0, 0.05) is 18.4 Å². The summed E-state index contributed by atoms with van der Waals surface area (Å²) < 4.78 is 6.36. The Kier molecular flexibility index (Phi) is 9.02. The molecule has 0 radical (unpaired) electrons. The van der Waals surface area contributed by atoms with Crippen molar-refractivity contribution in [2.45, 2.75) is 58.2 Å². The first kappa shape index (κ1) is 19.9. The molecule has 1 N–H and O–H groups in total. The Balaban J connectivity index is 4.74. The summed E-state index contributed by atoms with van der Waals surface area (Å²) in [5, 5.41) is 9.78. The molecule has 20 heavy (non-hydrogen) atoms. The summed E-state index contributed by atoms with van der Waals surface area (Å²) in [5.74, 6) is 0. The van der Waals surface area contributed by atoms with E-state index in [-0.39, 0.29) is 0 Å². The van der Waals surface area contributed by atoms with Crippen molar-refractivity contribution in [3.05, 3.63) is 0 Å². The molecule has 0 heterocycles. The van der Waals surface area contributed by atoms with Crippen LogP contribution in [0.5, 0.6) is 0 Å². The second-order valence-electron chi connectivity index (χ2n) is 6.12. The van der Waals surface area contributed by atoms with E-state index >= 15 is 0 Å². The highest BCUT2D eigenvalue weighted by atomic mass is 79.9. The molecule has 0 bridgehead atoms. The normalized spacial score (nSPS) is 12.5. The van der Waals surface area contributed by atoms with E-state index in [1.54, 1.807) is 0 Å². The summed E-state index contributed by atoms with van der Waals surface area (Å²) in [7, 11) is -1.88. The topological polar surface area (TPSA) is 49.8 Å². The van der Waals surface area contributed by atoms with Crippen molar-refractivity contribution in [1.82, 2.24) is 4.90 Å². The number of halogens is 1. The van der Waals surface area contributed by atoms with Gasteiger partial charge in [-0.25, -0.2) is 4.79 Å². The fraction of sp³-hybridized carbons (Fsp3) is 0.929. The van der Waals surface area contributed by atoms with Crippen LogP contribution < -0.4 is 0 Å². The second kappa shape index (κ2) is 9.05. The summed E-state index contributed by atoms with van der Waals surface area (Å²) >= 11 is 3.28. The molecule has 6 heteroatoms. The average Bonchev–Trinajstić information content (AvgIpc) is 2.31. The van der Waals surface area contributed by atoms with Crippen LogP contribution in [0.15, 0.2) is 0 Å². The molecule has 0 aliphatic carbocycles. The van der Waals surface area contributed by atoms with Crippen molar-refractivity contribution in [3.8, 4) is 0 Å². The van der Waals surface area contributed by atoms with E-state index < -0.39 is 14.4 Å². The lowest BCUT2D eigenvalue weighted by atomic mass is 10.5. The Hall–Kier alpha value is -0.0731.